The molecule has 5 N–H and O–H groups in total. The van der Waals surface area contributed by atoms with Crippen LogP contribution in [0.15, 0.2) is 0 Å². The molecule has 0 aromatic carbocycles. The Morgan fingerprint density at radius 2 is 1.50 bits per heavy atom. The molecule has 4 nitrogen and oxygen atoms in total. The molecule has 0 heterocycles. The average Bonchev–Trinajstić information content (AvgIpc) is 2.21. The van der Waals surface area contributed by atoms with Gasteiger partial charge in [-0.2, -0.15) is 0 Å². The average molecular weight is 233 g/mol. The Labute approximate surface area is 98.6 Å². The highest BCUT2D eigenvalue weighted by molar-refractivity contribution is 5.69. The number of hydrogen-bond donors (Lipinski definition) is 2. The summed E-state index contributed by atoms with van der Waals surface area (Å²) in [6.45, 7) is 2.20. The molecular weight excluding hydrogens is 206 g/mol. The molecule has 0 aromatic heterocycles. The molecule has 0 aliphatic carbocycles. The quantitative estimate of drug-likeness (QED) is 0.565. The Bertz CT molecular complexity index is 162. The van der Waals surface area contributed by atoms with Crippen LogP contribution in [-0.4, -0.2) is 17.2 Å². The van der Waals surface area contributed by atoms with E-state index in [1.54, 1.807) is 0 Å². The SMILES string of the molecule is CCCCCCCCCCC(O)C(=O)[O-].[NH4+]. The number of aliphatic hydroxyl groups excluding tert-OH is 1. The van der Waals surface area contributed by atoms with Crippen LogP contribution in [0.4, 0.5) is 0 Å². The van der Waals surface area contributed by atoms with E-state index in [9.17, 15) is 9.90 Å². The highest BCUT2D eigenvalue weighted by Crippen LogP contribution is 2.10. The van der Waals surface area contributed by atoms with Gasteiger partial charge in [0.25, 0.3) is 0 Å². The second-order valence-electron chi connectivity index (χ2n) is 4.10. The molecule has 0 bridgehead atoms. The minimum Gasteiger partial charge on any atom is -0.547 e. The largest absolute Gasteiger partial charge is 0.547 e. The summed E-state index contributed by atoms with van der Waals surface area (Å²) in [6.07, 6.45) is 8.36. The van der Waals surface area contributed by atoms with Gasteiger partial charge in [-0.25, -0.2) is 0 Å². The third kappa shape index (κ3) is 11.5. The molecule has 16 heavy (non-hydrogen) atoms. The summed E-state index contributed by atoms with van der Waals surface area (Å²) >= 11 is 0. The van der Waals surface area contributed by atoms with Gasteiger partial charge in [0.2, 0.25) is 0 Å². The fourth-order valence-corrected chi connectivity index (χ4v) is 1.59. The zero-order valence-electron chi connectivity index (χ0n) is 10.7. The van der Waals surface area contributed by atoms with Crippen LogP contribution >= 0.6 is 0 Å². The van der Waals surface area contributed by atoms with Crippen LogP contribution in [0, 0.1) is 0 Å². The molecule has 1 unspecified atom stereocenters. The van der Waals surface area contributed by atoms with Crippen molar-refractivity contribution in [2.45, 2.75) is 70.8 Å². The third-order valence-electron chi connectivity index (χ3n) is 2.60. The van der Waals surface area contributed by atoms with Crippen molar-refractivity contribution in [2.75, 3.05) is 0 Å². The lowest BCUT2D eigenvalue weighted by Crippen LogP contribution is -2.35. The van der Waals surface area contributed by atoms with Gasteiger partial charge in [-0.05, 0) is 6.42 Å². The van der Waals surface area contributed by atoms with E-state index in [4.69, 9.17) is 5.11 Å². The van der Waals surface area contributed by atoms with Gasteiger partial charge in [0.1, 0.15) is 0 Å². The lowest BCUT2D eigenvalue weighted by molar-refractivity contribution is -0.315. The maximum absolute atomic E-state index is 10.2. The first-order valence-electron chi connectivity index (χ1n) is 6.07. The van der Waals surface area contributed by atoms with Crippen LogP contribution in [0.2, 0.25) is 0 Å². The molecule has 0 radical (unpaired) electrons. The third-order valence-corrected chi connectivity index (χ3v) is 2.60. The molecule has 4 heteroatoms. The number of unbranched alkanes of at least 4 members (excludes halogenated alkanes) is 7. The van der Waals surface area contributed by atoms with E-state index in [1.807, 2.05) is 0 Å². The van der Waals surface area contributed by atoms with E-state index < -0.39 is 12.1 Å². The highest BCUT2D eigenvalue weighted by Gasteiger charge is 2.03. The van der Waals surface area contributed by atoms with Gasteiger partial charge in [-0.3, -0.25) is 0 Å². The smallest absolute Gasteiger partial charge is 0.0933 e. The Balaban J connectivity index is 0. The Morgan fingerprint density at radius 1 is 1.06 bits per heavy atom. The van der Waals surface area contributed by atoms with Crippen LogP contribution in [0.5, 0.6) is 0 Å². The summed E-state index contributed by atoms with van der Waals surface area (Å²) in [5.41, 5.74) is 0. The lowest BCUT2D eigenvalue weighted by atomic mass is 10.1. The molecular formula is C12H27NO3. The standard InChI is InChI=1S/C12H24O3.H3N/c1-2-3-4-5-6-7-8-9-10-11(13)12(14)15;/h11,13H,2-10H2,1H3,(H,14,15);1H3. The molecule has 0 saturated carbocycles. The van der Waals surface area contributed by atoms with Crippen molar-refractivity contribution < 1.29 is 15.0 Å². The van der Waals surface area contributed by atoms with Crippen molar-refractivity contribution in [3.8, 4) is 0 Å². The summed E-state index contributed by atoms with van der Waals surface area (Å²) in [6, 6.07) is 0. The van der Waals surface area contributed by atoms with Gasteiger partial charge < -0.3 is 21.2 Å². The van der Waals surface area contributed by atoms with Gasteiger partial charge in [-0.1, -0.05) is 58.3 Å². The minimum absolute atomic E-state index is 0. The van der Waals surface area contributed by atoms with Gasteiger partial charge in [-0.15, -0.1) is 0 Å². The summed E-state index contributed by atoms with van der Waals surface area (Å²) < 4.78 is 0. The molecule has 1 atom stereocenters. The lowest BCUT2D eigenvalue weighted by Gasteiger charge is -2.10. The second kappa shape index (κ2) is 12.5. The van der Waals surface area contributed by atoms with Gasteiger partial charge >= 0.3 is 0 Å². The molecule has 0 aliphatic rings. The topological polar surface area (TPSA) is 96.9 Å². The number of hydrogen-bond acceptors (Lipinski definition) is 3. The summed E-state index contributed by atoms with van der Waals surface area (Å²) in [7, 11) is 0. The minimum atomic E-state index is -1.35. The van der Waals surface area contributed by atoms with Crippen molar-refractivity contribution in [2.24, 2.45) is 0 Å². The Kier molecular flexibility index (Phi) is 13.8. The Morgan fingerprint density at radius 3 is 1.94 bits per heavy atom. The van der Waals surface area contributed by atoms with E-state index in [-0.39, 0.29) is 6.15 Å². The molecule has 0 saturated heterocycles. The van der Waals surface area contributed by atoms with E-state index in [1.165, 1.54) is 32.1 Å². The van der Waals surface area contributed by atoms with Gasteiger partial charge in [0, 0.05) is 0 Å². The van der Waals surface area contributed by atoms with Crippen molar-refractivity contribution in [3.63, 3.8) is 0 Å². The molecule has 0 fully saturated rings. The van der Waals surface area contributed by atoms with Crippen LogP contribution in [0.1, 0.15) is 64.7 Å². The van der Waals surface area contributed by atoms with E-state index in [0.29, 0.717) is 6.42 Å². The van der Waals surface area contributed by atoms with Crippen molar-refractivity contribution in [3.05, 3.63) is 0 Å². The van der Waals surface area contributed by atoms with Crippen LogP contribution in [0.25, 0.3) is 0 Å². The van der Waals surface area contributed by atoms with Crippen LogP contribution in [0.3, 0.4) is 0 Å². The maximum Gasteiger partial charge on any atom is 0.0933 e. The molecule has 0 aromatic rings. The van der Waals surface area contributed by atoms with Crippen molar-refractivity contribution in [1.29, 1.82) is 0 Å². The summed E-state index contributed by atoms with van der Waals surface area (Å²) in [5.74, 6) is -1.35. The van der Waals surface area contributed by atoms with Crippen molar-refractivity contribution >= 4 is 5.97 Å². The highest BCUT2D eigenvalue weighted by atomic mass is 16.4. The summed E-state index contributed by atoms with van der Waals surface area (Å²) in [5, 5.41) is 19.1. The zero-order chi connectivity index (χ0) is 11.5. The number of aliphatic hydroxyl groups is 1. The van der Waals surface area contributed by atoms with Crippen LogP contribution < -0.4 is 11.3 Å². The normalized spacial score (nSPS) is 11.9. The van der Waals surface area contributed by atoms with E-state index >= 15 is 0 Å². The van der Waals surface area contributed by atoms with Crippen LogP contribution in [-0.2, 0) is 4.79 Å². The fraction of sp³-hybridized carbons (Fsp3) is 0.917. The second-order valence-corrected chi connectivity index (χ2v) is 4.10. The monoisotopic (exact) mass is 233 g/mol. The predicted octanol–water partition coefficient (Wildman–Crippen LogP) is 2.00. The predicted molar refractivity (Wildman–Crippen MR) is 64.2 cm³/mol. The van der Waals surface area contributed by atoms with Crippen molar-refractivity contribution in [1.82, 2.24) is 6.15 Å². The zero-order valence-corrected chi connectivity index (χ0v) is 10.7. The maximum atomic E-state index is 10.2. The number of carboxylic acids is 1. The van der Waals surface area contributed by atoms with Gasteiger partial charge in [0.05, 0.1) is 12.1 Å². The molecule has 0 rings (SSSR count). The number of quaternary nitrogens is 1. The first kappa shape index (κ1) is 17.8. The molecule has 98 valence electrons. The number of carbonyl (C=O) groups is 1. The first-order valence-corrected chi connectivity index (χ1v) is 6.07. The number of carbonyl (C=O) groups excluding carboxylic acids is 1. The molecule has 0 aliphatic heterocycles. The molecule has 0 spiro atoms. The van der Waals surface area contributed by atoms with Gasteiger partial charge in [0.15, 0.2) is 0 Å². The van der Waals surface area contributed by atoms with E-state index in [0.717, 1.165) is 19.3 Å². The molecule has 0 amide bonds. The summed E-state index contributed by atoms with van der Waals surface area (Å²) in [4.78, 5) is 10.2. The number of rotatable bonds is 10. The Hall–Kier alpha value is -0.610. The number of carboxylic acid groups (broad SMARTS) is 1. The number of aliphatic carboxylic acids is 1. The fourth-order valence-electron chi connectivity index (χ4n) is 1.59. The van der Waals surface area contributed by atoms with E-state index in [2.05, 4.69) is 6.92 Å². The first-order chi connectivity index (χ1) is 7.18.